The Morgan fingerprint density at radius 3 is 2.36 bits per heavy atom. The second-order valence-corrected chi connectivity index (χ2v) is 15.8. The number of ether oxygens (including phenoxy) is 1. The number of benzene rings is 2. The summed E-state index contributed by atoms with van der Waals surface area (Å²) in [5, 5.41) is 8.45. The van der Waals surface area contributed by atoms with Gasteiger partial charge in [-0.1, -0.05) is 20.9 Å². The monoisotopic (exact) mass is 679 g/mol. The number of rotatable bonds is 10. The molecule has 1 saturated carbocycles. The minimum atomic E-state index is -0.273. The summed E-state index contributed by atoms with van der Waals surface area (Å²) in [6.45, 7) is 13.7. The highest BCUT2D eigenvalue weighted by Crippen LogP contribution is 2.42. The van der Waals surface area contributed by atoms with Crippen LogP contribution < -0.4 is 25.6 Å². The van der Waals surface area contributed by atoms with Gasteiger partial charge in [0.15, 0.2) is 0 Å². The summed E-state index contributed by atoms with van der Waals surface area (Å²) in [6, 6.07) is 12.0. The number of nitrogens with one attached hydrogen (secondary N) is 2. The molecule has 0 unspecified atom stereocenters. The quantitative estimate of drug-likeness (QED) is 0.228. The Hall–Kier alpha value is -2.45. The van der Waals surface area contributed by atoms with Gasteiger partial charge in [0.25, 0.3) is 0 Å². The highest BCUT2D eigenvalue weighted by atomic mass is 79.9. The lowest BCUT2D eigenvalue weighted by Crippen LogP contribution is -2.52. The molecule has 1 aromatic heterocycles. The third-order valence-corrected chi connectivity index (χ3v) is 11.4. The van der Waals surface area contributed by atoms with Gasteiger partial charge in [0.05, 0.1) is 17.3 Å². The molecule has 2 saturated heterocycles. The Morgan fingerprint density at radius 2 is 1.70 bits per heavy atom. The zero-order chi connectivity index (χ0) is 30.8. The fourth-order valence-electron chi connectivity index (χ4n) is 6.58. The predicted octanol–water partition coefficient (Wildman–Crippen LogP) is 6.76. The van der Waals surface area contributed by atoms with Crippen LogP contribution in [-0.2, 0) is 6.42 Å². The molecule has 1 aliphatic carbocycles. The smallest absolute Gasteiger partial charge is 0.229 e. The Morgan fingerprint density at radius 1 is 0.955 bits per heavy atom. The standard InChI is InChI=1S/C34H47BrN7OP/c1-6-23-19-29(31(43-3)21-30(23)42-13-11-26(12-14-42)41-17-15-40(2)16-18-41)38-34-36-22-27(35)33(39-34)37-28-10-9-25(24-7-8-24)20-32(28)44(4)5/h9-10,19-22,24,26H,6-8,11-18H2,1-5H3,(H2,36,37,38,39). The maximum atomic E-state index is 5.92. The van der Waals surface area contributed by atoms with Gasteiger partial charge in [-0.15, -0.1) is 0 Å². The third-order valence-electron chi connectivity index (χ3n) is 9.44. The van der Waals surface area contributed by atoms with E-state index >= 15 is 0 Å². The molecular formula is C34H47BrN7OP. The van der Waals surface area contributed by atoms with E-state index in [1.807, 2.05) is 6.20 Å². The van der Waals surface area contributed by atoms with Crippen molar-refractivity contribution in [2.24, 2.45) is 0 Å². The van der Waals surface area contributed by atoms with Crippen molar-refractivity contribution in [1.82, 2.24) is 19.8 Å². The molecule has 2 aromatic carbocycles. The van der Waals surface area contributed by atoms with E-state index in [9.17, 15) is 0 Å². The summed E-state index contributed by atoms with van der Waals surface area (Å²) >= 11 is 3.67. The van der Waals surface area contributed by atoms with Crippen LogP contribution in [0.4, 0.5) is 28.8 Å². The van der Waals surface area contributed by atoms with Crippen molar-refractivity contribution < 1.29 is 4.74 Å². The zero-order valence-electron chi connectivity index (χ0n) is 26.9. The normalized spacial score (nSPS) is 18.6. The van der Waals surface area contributed by atoms with E-state index in [-0.39, 0.29) is 7.92 Å². The number of aryl methyl sites for hydroxylation is 1. The van der Waals surface area contributed by atoms with E-state index in [1.54, 1.807) is 7.11 Å². The maximum absolute atomic E-state index is 5.92. The van der Waals surface area contributed by atoms with Crippen LogP contribution in [0.25, 0.3) is 0 Å². The zero-order valence-corrected chi connectivity index (χ0v) is 29.3. The van der Waals surface area contributed by atoms with Gasteiger partial charge < -0.3 is 25.2 Å². The lowest BCUT2D eigenvalue weighted by Gasteiger charge is -2.43. The van der Waals surface area contributed by atoms with Crippen molar-refractivity contribution >= 4 is 58.0 Å². The number of piperidine rings is 1. The van der Waals surface area contributed by atoms with Crippen LogP contribution >= 0.6 is 23.9 Å². The molecule has 2 aliphatic heterocycles. The molecule has 8 nitrogen and oxygen atoms in total. The number of hydrogen-bond donors (Lipinski definition) is 2. The molecule has 0 atom stereocenters. The molecule has 2 N–H and O–H groups in total. The molecule has 0 amide bonds. The first kappa shape index (κ1) is 31.5. The highest BCUT2D eigenvalue weighted by Gasteiger charge is 2.28. The first-order chi connectivity index (χ1) is 21.3. The Balaban J connectivity index is 1.18. The molecule has 236 valence electrons. The van der Waals surface area contributed by atoms with Crippen LogP contribution in [0.1, 0.15) is 49.7 Å². The van der Waals surface area contributed by atoms with Crippen LogP contribution in [0.15, 0.2) is 41.0 Å². The lowest BCUT2D eigenvalue weighted by molar-refractivity contribution is 0.0982. The van der Waals surface area contributed by atoms with Gasteiger partial charge in [0.1, 0.15) is 11.6 Å². The minimum Gasteiger partial charge on any atom is -0.494 e. The highest BCUT2D eigenvalue weighted by molar-refractivity contribution is 9.10. The molecule has 44 heavy (non-hydrogen) atoms. The Kier molecular flexibility index (Phi) is 9.96. The molecule has 0 bridgehead atoms. The number of methoxy groups -OCH3 is 1. The van der Waals surface area contributed by atoms with Crippen molar-refractivity contribution in [1.29, 1.82) is 0 Å². The first-order valence-electron chi connectivity index (χ1n) is 16.1. The van der Waals surface area contributed by atoms with Gasteiger partial charge in [-0.2, -0.15) is 4.98 Å². The second-order valence-electron chi connectivity index (χ2n) is 12.7. The molecule has 3 aliphatic rings. The predicted molar refractivity (Wildman–Crippen MR) is 190 cm³/mol. The molecule has 0 radical (unpaired) electrons. The number of piperazine rings is 1. The van der Waals surface area contributed by atoms with Crippen LogP contribution in [0.5, 0.6) is 5.75 Å². The number of anilines is 5. The van der Waals surface area contributed by atoms with Gasteiger partial charge in [-0.05, 0) is 109 Å². The van der Waals surface area contributed by atoms with E-state index in [0.717, 1.165) is 52.8 Å². The fraction of sp³-hybridized carbons (Fsp3) is 0.529. The van der Waals surface area contributed by atoms with E-state index in [0.29, 0.717) is 12.0 Å². The fourth-order valence-corrected chi connectivity index (χ4v) is 7.88. The number of likely N-dealkylation sites (N-methyl/N-ethyl adjacent to an activating group) is 1. The third kappa shape index (κ3) is 7.17. The topological polar surface area (TPSA) is 68.8 Å². The average molecular weight is 681 g/mol. The largest absolute Gasteiger partial charge is 0.494 e. The Labute approximate surface area is 272 Å². The molecule has 3 fully saturated rings. The maximum Gasteiger partial charge on any atom is 0.229 e. The van der Waals surface area contributed by atoms with Gasteiger partial charge in [-0.3, -0.25) is 4.90 Å². The van der Waals surface area contributed by atoms with Crippen LogP contribution in [0, 0.1) is 0 Å². The SMILES string of the molecule is CCc1cc(Nc2ncc(Br)c(Nc3ccc(C4CC4)cc3P(C)C)n2)c(OC)cc1N1CCC(N2CCN(C)CC2)CC1. The summed E-state index contributed by atoms with van der Waals surface area (Å²) in [7, 11) is 3.70. The van der Waals surface area contributed by atoms with Crippen molar-refractivity contribution in [2.45, 2.75) is 51.0 Å². The average Bonchev–Trinajstić information content (AvgIpc) is 3.89. The van der Waals surface area contributed by atoms with E-state index < -0.39 is 0 Å². The van der Waals surface area contributed by atoms with E-state index in [1.165, 1.54) is 74.0 Å². The van der Waals surface area contributed by atoms with Crippen LogP contribution in [0.3, 0.4) is 0 Å². The first-order valence-corrected chi connectivity index (χ1v) is 19.1. The number of halogens is 1. The summed E-state index contributed by atoms with van der Waals surface area (Å²) in [5.41, 5.74) is 6.05. The molecular weight excluding hydrogens is 633 g/mol. The molecule has 3 aromatic rings. The van der Waals surface area contributed by atoms with E-state index in [4.69, 9.17) is 9.72 Å². The van der Waals surface area contributed by atoms with Crippen molar-refractivity contribution in [2.75, 3.05) is 82.3 Å². The molecule has 0 spiro atoms. The van der Waals surface area contributed by atoms with Crippen LogP contribution in [0.2, 0.25) is 0 Å². The molecule has 6 rings (SSSR count). The summed E-state index contributed by atoms with van der Waals surface area (Å²) in [5.74, 6) is 2.82. The minimum absolute atomic E-state index is 0.273. The Bertz CT molecular complexity index is 1450. The lowest BCUT2D eigenvalue weighted by atomic mass is 9.99. The van der Waals surface area contributed by atoms with Gasteiger partial charge >= 0.3 is 0 Å². The van der Waals surface area contributed by atoms with Gasteiger partial charge in [-0.25, -0.2) is 4.98 Å². The van der Waals surface area contributed by atoms with Crippen molar-refractivity contribution in [3.8, 4) is 5.75 Å². The summed E-state index contributed by atoms with van der Waals surface area (Å²) in [6.07, 6.45) is 7.79. The second kappa shape index (κ2) is 13.9. The summed E-state index contributed by atoms with van der Waals surface area (Å²) in [4.78, 5) is 17.2. The number of aromatic nitrogens is 2. The molecule has 3 heterocycles. The van der Waals surface area contributed by atoms with Gasteiger partial charge in [0, 0.05) is 68.9 Å². The van der Waals surface area contributed by atoms with Crippen molar-refractivity contribution in [3.05, 3.63) is 52.1 Å². The number of nitrogens with zero attached hydrogens (tertiary/aromatic N) is 5. The number of hydrogen-bond acceptors (Lipinski definition) is 8. The summed E-state index contributed by atoms with van der Waals surface area (Å²) < 4.78 is 6.75. The van der Waals surface area contributed by atoms with E-state index in [2.05, 4.69) is 104 Å². The van der Waals surface area contributed by atoms with Crippen LogP contribution in [-0.4, -0.2) is 92.6 Å². The van der Waals surface area contributed by atoms with Gasteiger partial charge in [0.2, 0.25) is 5.95 Å². The van der Waals surface area contributed by atoms with Crippen molar-refractivity contribution in [3.63, 3.8) is 0 Å². The molecule has 10 heteroatoms.